The Labute approximate surface area is 165 Å². The van der Waals surface area contributed by atoms with E-state index in [4.69, 9.17) is 4.42 Å². The predicted molar refractivity (Wildman–Crippen MR) is 102 cm³/mol. The molecule has 0 atom stereocenters. The van der Waals surface area contributed by atoms with Gasteiger partial charge < -0.3 is 14.1 Å². The Kier molecular flexibility index (Phi) is 5.33. The van der Waals surface area contributed by atoms with E-state index in [1.54, 1.807) is 0 Å². The summed E-state index contributed by atoms with van der Waals surface area (Å²) in [6.07, 6.45) is 6.32. The lowest BCUT2D eigenvalue weighted by Crippen LogP contribution is -2.26. The lowest BCUT2D eigenvalue weighted by molar-refractivity contribution is -0.121. The van der Waals surface area contributed by atoms with Crippen molar-refractivity contribution in [3.63, 3.8) is 0 Å². The van der Waals surface area contributed by atoms with Crippen LogP contribution in [0.15, 0.2) is 59.4 Å². The van der Waals surface area contributed by atoms with Crippen LogP contribution in [0.5, 0.6) is 0 Å². The lowest BCUT2D eigenvalue weighted by Gasteiger charge is -2.02. The number of nitrogens with zero attached hydrogens (tertiary/aromatic N) is 3. The van der Waals surface area contributed by atoms with Gasteiger partial charge in [0.1, 0.15) is 17.3 Å². The minimum Gasteiger partial charge on any atom is -0.441 e. The number of aromatic nitrogens is 3. The van der Waals surface area contributed by atoms with Gasteiger partial charge in [0.15, 0.2) is 11.7 Å². The SMILES string of the molecule is O=C(CCc1ncc(-c2ccc(F)cc2F)o1)NCCc1cn2ccccc2n1. The van der Waals surface area contributed by atoms with Crippen molar-refractivity contribution in [3.05, 3.63) is 78.2 Å². The van der Waals surface area contributed by atoms with E-state index in [9.17, 15) is 13.6 Å². The number of halogens is 2. The van der Waals surface area contributed by atoms with E-state index in [2.05, 4.69) is 15.3 Å². The minimum absolute atomic E-state index is 0.127. The molecule has 6 nitrogen and oxygen atoms in total. The Hall–Kier alpha value is -3.55. The number of hydrogen-bond donors (Lipinski definition) is 1. The topological polar surface area (TPSA) is 72.4 Å². The molecule has 0 saturated heterocycles. The number of benzene rings is 1. The third-order valence-corrected chi connectivity index (χ3v) is 4.43. The van der Waals surface area contributed by atoms with Crippen LogP contribution in [0, 0.1) is 11.6 Å². The zero-order chi connectivity index (χ0) is 20.2. The Balaban J connectivity index is 1.26. The Bertz CT molecular complexity index is 1120. The van der Waals surface area contributed by atoms with Crippen molar-refractivity contribution in [2.24, 2.45) is 0 Å². The van der Waals surface area contributed by atoms with E-state index in [1.807, 2.05) is 35.0 Å². The van der Waals surface area contributed by atoms with Gasteiger partial charge >= 0.3 is 0 Å². The Morgan fingerprint density at radius 1 is 1.17 bits per heavy atom. The first-order valence-corrected chi connectivity index (χ1v) is 9.18. The Morgan fingerprint density at radius 3 is 2.90 bits per heavy atom. The summed E-state index contributed by atoms with van der Waals surface area (Å²) in [7, 11) is 0. The van der Waals surface area contributed by atoms with Crippen LogP contribution in [0.2, 0.25) is 0 Å². The van der Waals surface area contributed by atoms with Crippen LogP contribution in [0.4, 0.5) is 8.78 Å². The third-order valence-electron chi connectivity index (χ3n) is 4.43. The number of imidazole rings is 1. The number of hydrogen-bond acceptors (Lipinski definition) is 4. The van der Waals surface area contributed by atoms with E-state index in [0.29, 0.717) is 18.9 Å². The van der Waals surface area contributed by atoms with Gasteiger partial charge in [0.05, 0.1) is 17.5 Å². The molecule has 0 spiro atoms. The smallest absolute Gasteiger partial charge is 0.220 e. The maximum absolute atomic E-state index is 13.8. The molecule has 29 heavy (non-hydrogen) atoms. The molecule has 0 aliphatic rings. The molecular formula is C21H18F2N4O2. The fourth-order valence-electron chi connectivity index (χ4n) is 2.99. The summed E-state index contributed by atoms with van der Waals surface area (Å²) in [6, 6.07) is 9.00. The number of carbonyl (C=O) groups is 1. The molecule has 4 aromatic rings. The summed E-state index contributed by atoms with van der Waals surface area (Å²) in [5.41, 5.74) is 1.89. The minimum atomic E-state index is -0.725. The molecule has 8 heteroatoms. The van der Waals surface area contributed by atoms with Gasteiger partial charge in [0.2, 0.25) is 5.91 Å². The third kappa shape index (κ3) is 4.48. The molecule has 3 heterocycles. The summed E-state index contributed by atoms with van der Waals surface area (Å²) < 4.78 is 34.2. The number of carbonyl (C=O) groups excluding carboxylic acids is 1. The number of aryl methyl sites for hydroxylation is 1. The highest BCUT2D eigenvalue weighted by Crippen LogP contribution is 2.24. The number of nitrogens with one attached hydrogen (secondary N) is 1. The zero-order valence-electron chi connectivity index (χ0n) is 15.4. The summed E-state index contributed by atoms with van der Waals surface area (Å²) in [4.78, 5) is 20.6. The van der Waals surface area contributed by atoms with Crippen molar-refractivity contribution >= 4 is 11.6 Å². The fraction of sp³-hybridized carbons (Fsp3) is 0.190. The number of amides is 1. The first kappa shape index (κ1) is 18.8. The molecule has 0 aliphatic heterocycles. The highest BCUT2D eigenvalue weighted by Gasteiger charge is 2.13. The van der Waals surface area contributed by atoms with E-state index in [0.717, 1.165) is 23.5 Å². The van der Waals surface area contributed by atoms with Crippen LogP contribution in [0.25, 0.3) is 17.0 Å². The molecule has 148 valence electrons. The molecule has 1 amide bonds. The van der Waals surface area contributed by atoms with Gasteiger partial charge in [0.25, 0.3) is 0 Å². The van der Waals surface area contributed by atoms with Crippen LogP contribution in [0.3, 0.4) is 0 Å². The zero-order valence-corrected chi connectivity index (χ0v) is 15.4. The van der Waals surface area contributed by atoms with Crippen LogP contribution < -0.4 is 5.32 Å². The van der Waals surface area contributed by atoms with E-state index in [1.165, 1.54) is 12.3 Å². The molecule has 1 N–H and O–H groups in total. The highest BCUT2D eigenvalue weighted by atomic mass is 19.1. The van der Waals surface area contributed by atoms with Crippen LogP contribution in [-0.2, 0) is 17.6 Å². The molecule has 1 aromatic carbocycles. The summed E-state index contributed by atoms with van der Waals surface area (Å²) in [5.74, 6) is -1.01. The molecular weight excluding hydrogens is 378 g/mol. The predicted octanol–water partition coefficient (Wildman–Crippen LogP) is 3.56. The largest absolute Gasteiger partial charge is 0.441 e. The molecule has 4 rings (SSSR count). The number of oxazole rings is 1. The lowest BCUT2D eigenvalue weighted by atomic mass is 10.2. The molecule has 0 bridgehead atoms. The van der Waals surface area contributed by atoms with Gasteiger partial charge in [0, 0.05) is 44.3 Å². The number of pyridine rings is 1. The average Bonchev–Trinajstić information content (AvgIpc) is 3.33. The van der Waals surface area contributed by atoms with Gasteiger partial charge in [-0.15, -0.1) is 0 Å². The van der Waals surface area contributed by atoms with E-state index < -0.39 is 11.6 Å². The summed E-state index contributed by atoms with van der Waals surface area (Å²) in [6.45, 7) is 0.473. The molecule has 0 fully saturated rings. The maximum atomic E-state index is 13.8. The van der Waals surface area contributed by atoms with E-state index >= 15 is 0 Å². The summed E-state index contributed by atoms with van der Waals surface area (Å²) in [5, 5.41) is 2.84. The van der Waals surface area contributed by atoms with Gasteiger partial charge in [-0.05, 0) is 24.3 Å². The second-order valence-corrected chi connectivity index (χ2v) is 6.54. The van der Waals surface area contributed by atoms with E-state index in [-0.39, 0.29) is 30.1 Å². The molecule has 0 radical (unpaired) electrons. The number of fused-ring (bicyclic) bond motifs is 1. The maximum Gasteiger partial charge on any atom is 0.220 e. The van der Waals surface area contributed by atoms with Crippen molar-refractivity contribution in [1.82, 2.24) is 19.7 Å². The first-order chi connectivity index (χ1) is 14.1. The molecule has 0 saturated carbocycles. The highest BCUT2D eigenvalue weighted by molar-refractivity contribution is 5.76. The molecule has 3 aromatic heterocycles. The van der Waals surface area contributed by atoms with Crippen molar-refractivity contribution in [2.45, 2.75) is 19.3 Å². The normalized spacial score (nSPS) is 11.1. The Morgan fingerprint density at radius 2 is 2.07 bits per heavy atom. The number of rotatable bonds is 7. The van der Waals surface area contributed by atoms with Crippen LogP contribution >= 0.6 is 0 Å². The fourth-order valence-corrected chi connectivity index (χ4v) is 2.99. The second kappa shape index (κ2) is 8.22. The molecule has 0 unspecified atom stereocenters. The van der Waals surface area contributed by atoms with Crippen LogP contribution in [0.1, 0.15) is 18.0 Å². The summed E-state index contributed by atoms with van der Waals surface area (Å²) >= 11 is 0. The second-order valence-electron chi connectivity index (χ2n) is 6.54. The van der Waals surface area contributed by atoms with Gasteiger partial charge in [-0.25, -0.2) is 18.7 Å². The quantitative estimate of drug-likeness (QED) is 0.519. The van der Waals surface area contributed by atoms with Gasteiger partial charge in [-0.3, -0.25) is 4.79 Å². The standard InChI is InChI=1S/C21H18F2N4O2/c22-14-4-5-16(17(23)11-14)18-12-25-21(29-18)7-6-20(28)24-9-8-15-13-27-10-2-1-3-19(27)26-15/h1-5,10-13H,6-9H2,(H,24,28). The van der Waals surface area contributed by atoms with Crippen molar-refractivity contribution in [3.8, 4) is 11.3 Å². The first-order valence-electron chi connectivity index (χ1n) is 9.18. The van der Waals surface area contributed by atoms with Gasteiger partial charge in [-0.1, -0.05) is 6.07 Å². The average molecular weight is 396 g/mol. The van der Waals surface area contributed by atoms with Crippen molar-refractivity contribution in [2.75, 3.05) is 6.54 Å². The van der Waals surface area contributed by atoms with Gasteiger partial charge in [-0.2, -0.15) is 0 Å². The molecule has 0 aliphatic carbocycles. The monoisotopic (exact) mass is 396 g/mol. The van der Waals surface area contributed by atoms with Crippen LogP contribution in [-0.4, -0.2) is 26.8 Å². The van der Waals surface area contributed by atoms with Crippen molar-refractivity contribution in [1.29, 1.82) is 0 Å². The van der Waals surface area contributed by atoms with Crippen molar-refractivity contribution < 1.29 is 18.0 Å².